The van der Waals surface area contributed by atoms with Crippen molar-refractivity contribution in [1.82, 2.24) is 0 Å². The second kappa shape index (κ2) is 19.5. The number of para-hydroxylation sites is 2. The summed E-state index contributed by atoms with van der Waals surface area (Å²) in [5.74, 6) is 6.75. The van der Waals surface area contributed by atoms with Crippen LogP contribution in [0.15, 0.2) is 82.8 Å². The maximum Gasteiger partial charge on any atom is 0.135 e. The number of hydrogen-bond acceptors (Lipinski definition) is 2. The molecule has 0 bridgehead atoms. The molecule has 2 rings (SSSR count). The molecule has 3 heteroatoms. The number of nitrogens with zero attached hydrogens (tertiary/aromatic N) is 2. The Morgan fingerprint density at radius 2 is 1.33 bits per heavy atom. The molecular weight excluding hydrogens is 483 g/mol. The van der Waals surface area contributed by atoms with Crippen LogP contribution in [0.5, 0.6) is 0 Å². The maximum atomic E-state index is 5.20. The van der Waals surface area contributed by atoms with Gasteiger partial charge < -0.3 is 0 Å². The number of allylic oxidation sites excluding steroid dienone is 4. The Hall–Kier alpha value is -2.69. The van der Waals surface area contributed by atoms with Crippen molar-refractivity contribution in [2.45, 2.75) is 85.5 Å². The molecule has 0 saturated carbocycles. The first kappa shape index (κ1) is 31.3. The third-order valence-corrected chi connectivity index (χ3v) is 5.73. The van der Waals surface area contributed by atoms with E-state index in [1.165, 1.54) is 11.1 Å². The number of aliphatic imine (C=N–C) groups is 2. The fourth-order valence-electron chi connectivity index (χ4n) is 3.75. The van der Waals surface area contributed by atoms with Gasteiger partial charge in [-0.2, -0.15) is 0 Å². The molecular formula is C33H42N2Ni. The van der Waals surface area contributed by atoms with Crippen LogP contribution in [0, 0.1) is 11.8 Å². The first-order valence-electron chi connectivity index (χ1n) is 13.3. The predicted octanol–water partition coefficient (Wildman–Crippen LogP) is 9.54. The second-order valence-corrected chi connectivity index (χ2v) is 8.65. The van der Waals surface area contributed by atoms with Crippen LogP contribution in [0.4, 0.5) is 11.4 Å². The van der Waals surface area contributed by atoms with Gasteiger partial charge in [-0.25, -0.2) is 4.99 Å². The molecule has 194 valence electrons. The SMILES string of the molecule is C/C=C/CCc1ccccc1/N=C(C#CCCC)/C(CCCC)=N/c1ccccc1CC/C=C/C.[Ni]. The predicted molar refractivity (Wildman–Crippen MR) is 156 cm³/mol. The van der Waals surface area contributed by atoms with Crippen molar-refractivity contribution in [3.63, 3.8) is 0 Å². The van der Waals surface area contributed by atoms with Crippen molar-refractivity contribution < 1.29 is 16.5 Å². The van der Waals surface area contributed by atoms with Crippen molar-refractivity contribution in [3.8, 4) is 11.8 Å². The average molecular weight is 525 g/mol. The van der Waals surface area contributed by atoms with Gasteiger partial charge in [0.15, 0.2) is 0 Å². The van der Waals surface area contributed by atoms with Gasteiger partial charge in [-0.1, -0.05) is 86.9 Å². The van der Waals surface area contributed by atoms with Crippen LogP contribution in [0.2, 0.25) is 0 Å². The van der Waals surface area contributed by atoms with E-state index in [-0.39, 0.29) is 16.5 Å². The number of benzene rings is 2. The van der Waals surface area contributed by atoms with Crippen LogP contribution in [0.1, 0.15) is 83.8 Å². The summed E-state index contributed by atoms with van der Waals surface area (Å²) in [6.07, 6.45) is 17.6. The van der Waals surface area contributed by atoms with E-state index in [0.29, 0.717) is 0 Å². The Labute approximate surface area is 230 Å². The summed E-state index contributed by atoms with van der Waals surface area (Å²) in [6.45, 7) is 8.52. The third-order valence-electron chi connectivity index (χ3n) is 5.73. The molecule has 0 unspecified atom stereocenters. The van der Waals surface area contributed by atoms with E-state index in [0.717, 1.165) is 80.6 Å². The molecule has 2 nitrogen and oxygen atoms in total. The Morgan fingerprint density at radius 1 is 0.778 bits per heavy atom. The van der Waals surface area contributed by atoms with Crippen LogP contribution in [-0.4, -0.2) is 11.4 Å². The molecule has 0 spiro atoms. The largest absolute Gasteiger partial charge is 0.250 e. The summed E-state index contributed by atoms with van der Waals surface area (Å²) in [5, 5.41) is 0. The first-order chi connectivity index (χ1) is 17.2. The van der Waals surface area contributed by atoms with Crippen molar-refractivity contribution in [2.75, 3.05) is 0 Å². The Kier molecular flexibility index (Phi) is 17.0. The molecule has 0 radical (unpaired) electrons. The van der Waals surface area contributed by atoms with E-state index >= 15 is 0 Å². The van der Waals surface area contributed by atoms with Gasteiger partial charge in [0, 0.05) is 22.9 Å². The van der Waals surface area contributed by atoms with Crippen LogP contribution >= 0.6 is 0 Å². The van der Waals surface area contributed by atoms with E-state index in [9.17, 15) is 0 Å². The van der Waals surface area contributed by atoms with Gasteiger partial charge in [0.05, 0.1) is 17.1 Å². The van der Waals surface area contributed by atoms with E-state index < -0.39 is 0 Å². The minimum Gasteiger partial charge on any atom is -0.250 e. The van der Waals surface area contributed by atoms with Crippen molar-refractivity contribution in [3.05, 3.63) is 84.0 Å². The van der Waals surface area contributed by atoms with Gasteiger partial charge in [-0.05, 0) is 88.0 Å². The van der Waals surface area contributed by atoms with E-state index in [1.54, 1.807) is 0 Å². The molecule has 0 N–H and O–H groups in total. The summed E-state index contributed by atoms with van der Waals surface area (Å²) in [5.41, 5.74) is 6.37. The topological polar surface area (TPSA) is 24.7 Å². The van der Waals surface area contributed by atoms with Gasteiger partial charge in [0.2, 0.25) is 0 Å². The Balaban J connectivity index is 0.00000648. The third kappa shape index (κ3) is 11.4. The van der Waals surface area contributed by atoms with Crippen LogP contribution in [0.3, 0.4) is 0 Å². The van der Waals surface area contributed by atoms with Gasteiger partial charge in [0.25, 0.3) is 0 Å². The molecule has 0 atom stereocenters. The zero-order valence-electron chi connectivity index (χ0n) is 22.5. The molecule has 0 amide bonds. The first-order valence-corrected chi connectivity index (χ1v) is 13.3. The molecule has 0 aliphatic heterocycles. The number of rotatable bonds is 13. The van der Waals surface area contributed by atoms with Crippen molar-refractivity contribution in [1.29, 1.82) is 0 Å². The molecule has 0 heterocycles. The summed E-state index contributed by atoms with van der Waals surface area (Å²) in [6, 6.07) is 16.9. The number of aryl methyl sites for hydroxylation is 2. The molecule has 36 heavy (non-hydrogen) atoms. The monoisotopic (exact) mass is 524 g/mol. The fraction of sp³-hybridized carbons (Fsp3) is 0.394. The van der Waals surface area contributed by atoms with Gasteiger partial charge in [0.1, 0.15) is 5.71 Å². The van der Waals surface area contributed by atoms with Gasteiger partial charge in [-0.3, -0.25) is 4.99 Å². The summed E-state index contributed by atoms with van der Waals surface area (Å²) >= 11 is 0. The fourth-order valence-corrected chi connectivity index (χ4v) is 3.75. The van der Waals surface area contributed by atoms with Crippen molar-refractivity contribution in [2.24, 2.45) is 9.98 Å². The van der Waals surface area contributed by atoms with Gasteiger partial charge >= 0.3 is 0 Å². The maximum absolute atomic E-state index is 5.20. The smallest absolute Gasteiger partial charge is 0.135 e. The molecule has 0 aliphatic rings. The molecule has 0 saturated heterocycles. The average Bonchev–Trinajstić information content (AvgIpc) is 2.88. The van der Waals surface area contributed by atoms with Crippen LogP contribution in [0.25, 0.3) is 0 Å². The van der Waals surface area contributed by atoms with Crippen LogP contribution in [-0.2, 0) is 29.3 Å². The second-order valence-electron chi connectivity index (χ2n) is 8.65. The van der Waals surface area contributed by atoms with E-state index in [2.05, 4.69) is 112 Å². The molecule has 2 aromatic carbocycles. The molecule has 2 aromatic rings. The number of unbranched alkanes of at least 4 members (excludes halogenated alkanes) is 2. The normalized spacial score (nSPS) is 12.0. The molecule has 0 aromatic heterocycles. The van der Waals surface area contributed by atoms with Crippen molar-refractivity contribution >= 4 is 22.8 Å². The zero-order valence-corrected chi connectivity index (χ0v) is 23.5. The molecule has 0 aliphatic carbocycles. The summed E-state index contributed by atoms with van der Waals surface area (Å²) in [7, 11) is 0. The summed E-state index contributed by atoms with van der Waals surface area (Å²) in [4.78, 5) is 10.3. The van der Waals surface area contributed by atoms with E-state index in [4.69, 9.17) is 9.98 Å². The zero-order chi connectivity index (χ0) is 25.1. The summed E-state index contributed by atoms with van der Waals surface area (Å²) < 4.78 is 0. The van der Waals surface area contributed by atoms with E-state index in [1.807, 2.05) is 0 Å². The van der Waals surface area contributed by atoms with Crippen LogP contribution < -0.4 is 0 Å². The Morgan fingerprint density at radius 3 is 1.86 bits per heavy atom. The minimum atomic E-state index is 0. The van der Waals surface area contributed by atoms with Gasteiger partial charge in [-0.15, -0.1) is 0 Å². The Bertz CT molecular complexity index is 1080. The quantitative estimate of drug-likeness (QED) is 0.108. The number of hydrogen-bond donors (Lipinski definition) is 0. The molecule has 0 fully saturated rings. The minimum absolute atomic E-state index is 0. The standard InChI is InChI=1S/C33H42N2.Ni/c1-5-9-13-20-28-22-16-18-25-30(28)34-32(24-12-8-4)33(27-15-11-7-3)35-31-26-19-17-23-29(31)21-14-10-6-2;/h5-6,9-10,16-19,22-23,25-26H,7-8,11-14,20-21,24H2,1-4H3;/b9-5+,10-6+,34-32+,35-33+;.